The van der Waals surface area contributed by atoms with E-state index in [0.29, 0.717) is 6.04 Å². The Morgan fingerprint density at radius 3 is 2.48 bits per heavy atom. The molecule has 2 unspecified atom stereocenters. The molecule has 0 radical (unpaired) electrons. The summed E-state index contributed by atoms with van der Waals surface area (Å²) in [6.07, 6.45) is 4.39. The number of urea groups is 1. The van der Waals surface area contributed by atoms with E-state index >= 15 is 0 Å². The van der Waals surface area contributed by atoms with Crippen LogP contribution in [0.15, 0.2) is 0 Å². The molecule has 2 N–H and O–H groups in total. The van der Waals surface area contributed by atoms with E-state index in [1.807, 2.05) is 11.8 Å². The summed E-state index contributed by atoms with van der Waals surface area (Å²) < 4.78 is 0. The van der Waals surface area contributed by atoms with Crippen molar-refractivity contribution in [3.8, 4) is 0 Å². The smallest absolute Gasteiger partial charge is 0.320 e. The van der Waals surface area contributed by atoms with E-state index in [4.69, 9.17) is 0 Å². The first-order chi connectivity index (χ1) is 10.0. The van der Waals surface area contributed by atoms with Gasteiger partial charge in [-0.15, -0.1) is 0 Å². The highest BCUT2D eigenvalue weighted by atomic mass is 16.4. The topological polar surface area (TPSA) is 72.9 Å². The molecule has 6 heteroatoms. The second kappa shape index (κ2) is 7.11. The summed E-state index contributed by atoms with van der Waals surface area (Å²) in [5.74, 6) is -0.704. The number of nitrogens with one attached hydrogen (secondary N) is 1. The summed E-state index contributed by atoms with van der Waals surface area (Å²) in [6.45, 7) is 6.37. The number of carbonyl (C=O) groups is 2. The van der Waals surface area contributed by atoms with E-state index in [2.05, 4.69) is 17.1 Å². The first-order valence-corrected chi connectivity index (χ1v) is 8.07. The van der Waals surface area contributed by atoms with Crippen LogP contribution in [0.25, 0.3) is 0 Å². The van der Waals surface area contributed by atoms with Crippen LogP contribution < -0.4 is 5.32 Å². The van der Waals surface area contributed by atoms with Crippen molar-refractivity contribution in [1.29, 1.82) is 0 Å². The molecule has 0 aromatic rings. The van der Waals surface area contributed by atoms with Gasteiger partial charge in [-0.2, -0.15) is 0 Å². The van der Waals surface area contributed by atoms with Crippen LogP contribution in [0.1, 0.15) is 46.0 Å². The Balaban J connectivity index is 1.83. The van der Waals surface area contributed by atoms with Crippen LogP contribution in [0.3, 0.4) is 0 Å². The van der Waals surface area contributed by atoms with Crippen LogP contribution in [-0.2, 0) is 4.79 Å². The number of hydrogen-bond donors (Lipinski definition) is 2. The minimum Gasteiger partial charge on any atom is -0.480 e. The third-order valence-electron chi connectivity index (χ3n) is 4.78. The molecule has 2 aliphatic rings. The number of carboxylic acids is 1. The van der Waals surface area contributed by atoms with E-state index in [-0.39, 0.29) is 18.1 Å². The predicted molar refractivity (Wildman–Crippen MR) is 80.2 cm³/mol. The normalized spacial score (nSPS) is 25.8. The van der Waals surface area contributed by atoms with Crippen LogP contribution in [0.5, 0.6) is 0 Å². The van der Waals surface area contributed by atoms with Gasteiger partial charge in [0.05, 0.1) is 0 Å². The lowest BCUT2D eigenvalue weighted by atomic mass is 10.0. The van der Waals surface area contributed by atoms with Crippen molar-refractivity contribution in [2.75, 3.05) is 19.6 Å². The van der Waals surface area contributed by atoms with E-state index in [1.165, 1.54) is 0 Å². The number of aliphatic carboxylic acids is 1. The molecule has 2 fully saturated rings. The summed E-state index contributed by atoms with van der Waals surface area (Å²) in [6, 6.07) is 0.195. The van der Waals surface area contributed by atoms with Gasteiger partial charge in [-0.3, -0.25) is 9.69 Å². The zero-order valence-corrected chi connectivity index (χ0v) is 13.0. The molecule has 2 amide bonds. The van der Waals surface area contributed by atoms with Crippen LogP contribution in [-0.4, -0.2) is 64.7 Å². The molecule has 6 nitrogen and oxygen atoms in total. The summed E-state index contributed by atoms with van der Waals surface area (Å²) in [5, 5.41) is 12.3. The molecule has 0 aliphatic carbocycles. The van der Waals surface area contributed by atoms with Gasteiger partial charge in [-0.25, -0.2) is 4.79 Å². The van der Waals surface area contributed by atoms with E-state index < -0.39 is 5.97 Å². The van der Waals surface area contributed by atoms with E-state index in [9.17, 15) is 14.7 Å². The number of hydrogen-bond acceptors (Lipinski definition) is 3. The second-order valence-electron chi connectivity index (χ2n) is 6.21. The van der Waals surface area contributed by atoms with Gasteiger partial charge in [-0.05, 0) is 45.6 Å². The number of amides is 2. The maximum atomic E-state index is 12.1. The van der Waals surface area contributed by atoms with Gasteiger partial charge in [0, 0.05) is 25.2 Å². The molecular weight excluding hydrogens is 270 g/mol. The molecule has 0 aromatic carbocycles. The molecule has 0 aromatic heterocycles. The highest BCUT2D eigenvalue weighted by Gasteiger charge is 2.37. The maximum absolute atomic E-state index is 12.1. The Hall–Kier alpha value is -1.30. The first-order valence-electron chi connectivity index (χ1n) is 8.07. The standard InChI is InChI=1S/C15H27N3O3/c1-3-11(2)16-15(21)17-9-6-12(7-10-17)18-8-4-5-13(18)14(19)20/h11-13H,3-10H2,1-2H3,(H,16,21)(H,19,20). The largest absolute Gasteiger partial charge is 0.480 e. The third-order valence-corrected chi connectivity index (χ3v) is 4.78. The quantitative estimate of drug-likeness (QED) is 0.825. The number of likely N-dealkylation sites (tertiary alicyclic amines) is 2. The van der Waals surface area contributed by atoms with E-state index in [1.54, 1.807) is 0 Å². The van der Waals surface area contributed by atoms with Gasteiger partial charge in [-0.1, -0.05) is 6.92 Å². The lowest BCUT2D eigenvalue weighted by molar-refractivity contribution is -0.143. The summed E-state index contributed by atoms with van der Waals surface area (Å²) in [4.78, 5) is 27.3. The Bertz CT molecular complexity index is 380. The molecule has 120 valence electrons. The minimum atomic E-state index is -0.704. The molecule has 0 bridgehead atoms. The third kappa shape index (κ3) is 3.87. The summed E-state index contributed by atoms with van der Waals surface area (Å²) in [7, 11) is 0. The predicted octanol–water partition coefficient (Wildman–Crippen LogP) is 1.51. The molecule has 2 saturated heterocycles. The summed E-state index contributed by atoms with van der Waals surface area (Å²) in [5.41, 5.74) is 0. The molecule has 2 atom stereocenters. The van der Waals surface area contributed by atoms with Gasteiger partial charge < -0.3 is 15.3 Å². The van der Waals surface area contributed by atoms with Gasteiger partial charge in [0.2, 0.25) is 0 Å². The highest BCUT2D eigenvalue weighted by Crippen LogP contribution is 2.26. The fraction of sp³-hybridized carbons (Fsp3) is 0.867. The molecule has 2 heterocycles. The van der Waals surface area contributed by atoms with Crippen LogP contribution in [0.4, 0.5) is 4.79 Å². The van der Waals surface area contributed by atoms with Gasteiger partial charge in [0.1, 0.15) is 6.04 Å². The highest BCUT2D eigenvalue weighted by molar-refractivity contribution is 5.75. The Morgan fingerprint density at radius 1 is 1.24 bits per heavy atom. The zero-order valence-electron chi connectivity index (χ0n) is 13.0. The number of nitrogens with zero attached hydrogens (tertiary/aromatic N) is 2. The van der Waals surface area contributed by atoms with Crippen LogP contribution in [0.2, 0.25) is 0 Å². The minimum absolute atomic E-state index is 0.0130. The van der Waals surface area contributed by atoms with Gasteiger partial charge in [0.25, 0.3) is 0 Å². The van der Waals surface area contributed by atoms with Crippen LogP contribution >= 0.6 is 0 Å². The average molecular weight is 297 g/mol. The Morgan fingerprint density at radius 2 is 1.90 bits per heavy atom. The van der Waals surface area contributed by atoms with Gasteiger partial charge >= 0.3 is 12.0 Å². The number of carboxylic acid groups (broad SMARTS) is 1. The Kier molecular flexibility index (Phi) is 5.45. The van der Waals surface area contributed by atoms with Gasteiger partial charge in [0.15, 0.2) is 0 Å². The summed E-state index contributed by atoms with van der Waals surface area (Å²) >= 11 is 0. The number of piperidine rings is 1. The fourth-order valence-corrected chi connectivity index (χ4v) is 3.30. The van der Waals surface area contributed by atoms with Crippen molar-refractivity contribution in [3.63, 3.8) is 0 Å². The first kappa shape index (κ1) is 16.1. The van der Waals surface area contributed by atoms with Crippen molar-refractivity contribution in [2.45, 2.75) is 64.1 Å². The van der Waals surface area contributed by atoms with Crippen molar-refractivity contribution in [3.05, 3.63) is 0 Å². The van der Waals surface area contributed by atoms with Crippen molar-refractivity contribution >= 4 is 12.0 Å². The molecular formula is C15H27N3O3. The molecule has 0 spiro atoms. The van der Waals surface area contributed by atoms with Crippen molar-refractivity contribution in [2.24, 2.45) is 0 Å². The number of rotatable bonds is 4. The van der Waals surface area contributed by atoms with Crippen molar-refractivity contribution in [1.82, 2.24) is 15.1 Å². The lowest BCUT2D eigenvalue weighted by Gasteiger charge is -2.38. The fourth-order valence-electron chi connectivity index (χ4n) is 3.30. The molecule has 21 heavy (non-hydrogen) atoms. The lowest BCUT2D eigenvalue weighted by Crippen LogP contribution is -2.52. The van der Waals surface area contributed by atoms with Crippen molar-refractivity contribution < 1.29 is 14.7 Å². The Labute approximate surface area is 126 Å². The number of carbonyl (C=O) groups excluding carboxylic acids is 1. The molecule has 0 saturated carbocycles. The van der Waals surface area contributed by atoms with E-state index in [0.717, 1.165) is 51.7 Å². The second-order valence-corrected chi connectivity index (χ2v) is 6.21. The molecule has 2 aliphatic heterocycles. The van der Waals surface area contributed by atoms with Crippen LogP contribution in [0, 0.1) is 0 Å². The monoisotopic (exact) mass is 297 g/mol. The zero-order chi connectivity index (χ0) is 15.4. The molecule has 2 rings (SSSR count). The maximum Gasteiger partial charge on any atom is 0.320 e. The SMILES string of the molecule is CCC(C)NC(=O)N1CCC(N2CCCC2C(=O)O)CC1. The average Bonchev–Trinajstić information content (AvgIpc) is 2.96.